The Bertz CT molecular complexity index is 1110. The van der Waals surface area contributed by atoms with Crippen LogP contribution >= 0.6 is 11.3 Å². The summed E-state index contributed by atoms with van der Waals surface area (Å²) in [6.45, 7) is 1.25. The monoisotopic (exact) mass is 367 g/mol. The van der Waals surface area contributed by atoms with Crippen molar-refractivity contribution in [3.05, 3.63) is 52.7 Å². The molecule has 0 aliphatic carbocycles. The highest BCUT2D eigenvalue weighted by atomic mass is 32.1. The standard InChI is InChI=1S/C18H17N5O2S/c1-22-18(24)15-14(12-3-5-19-6-4-12)11-26-17(15)16(21-22)13-9-20-23(10-13)7-8-25-2/h3-6,9-11H,7-8H2,1-2H3. The highest BCUT2D eigenvalue weighted by molar-refractivity contribution is 7.18. The van der Waals surface area contributed by atoms with Gasteiger partial charge in [0.1, 0.15) is 5.69 Å². The first-order chi connectivity index (χ1) is 12.7. The molecule has 0 spiro atoms. The van der Waals surface area contributed by atoms with Gasteiger partial charge in [0.15, 0.2) is 0 Å². The van der Waals surface area contributed by atoms with Crippen molar-refractivity contribution in [3.8, 4) is 22.4 Å². The summed E-state index contributed by atoms with van der Waals surface area (Å²) in [6.07, 6.45) is 7.15. The maximum Gasteiger partial charge on any atom is 0.275 e. The predicted octanol–water partition coefficient (Wildman–Crippen LogP) is 2.57. The van der Waals surface area contributed by atoms with E-state index in [1.54, 1.807) is 32.7 Å². The molecule has 0 aromatic carbocycles. The fourth-order valence-corrected chi connectivity index (χ4v) is 3.95. The fourth-order valence-electron chi connectivity index (χ4n) is 2.87. The third-order valence-corrected chi connectivity index (χ3v) is 5.17. The molecule has 0 saturated carbocycles. The first-order valence-corrected chi connectivity index (χ1v) is 8.97. The van der Waals surface area contributed by atoms with E-state index in [4.69, 9.17) is 4.74 Å². The van der Waals surface area contributed by atoms with Crippen molar-refractivity contribution in [2.75, 3.05) is 13.7 Å². The molecule has 4 heterocycles. The number of aromatic nitrogens is 5. The number of hydrogen-bond acceptors (Lipinski definition) is 6. The van der Waals surface area contributed by atoms with Crippen molar-refractivity contribution in [2.45, 2.75) is 6.54 Å². The minimum atomic E-state index is -0.108. The number of fused-ring (bicyclic) bond motifs is 1. The van der Waals surface area contributed by atoms with Gasteiger partial charge in [0.05, 0.1) is 29.4 Å². The average molecular weight is 367 g/mol. The molecule has 0 atom stereocenters. The normalized spacial score (nSPS) is 11.3. The van der Waals surface area contributed by atoms with Crippen molar-refractivity contribution < 1.29 is 4.74 Å². The van der Waals surface area contributed by atoms with Gasteiger partial charge in [-0.3, -0.25) is 14.5 Å². The van der Waals surface area contributed by atoms with E-state index in [0.717, 1.165) is 27.1 Å². The highest BCUT2D eigenvalue weighted by Crippen LogP contribution is 2.36. The fraction of sp³-hybridized carbons (Fsp3) is 0.222. The summed E-state index contributed by atoms with van der Waals surface area (Å²) in [6, 6.07) is 3.81. The summed E-state index contributed by atoms with van der Waals surface area (Å²) in [7, 11) is 3.34. The summed E-state index contributed by atoms with van der Waals surface area (Å²) >= 11 is 1.52. The van der Waals surface area contributed by atoms with E-state index < -0.39 is 0 Å². The summed E-state index contributed by atoms with van der Waals surface area (Å²) in [5.41, 5.74) is 3.41. The molecule has 4 rings (SSSR count). The molecule has 132 valence electrons. The van der Waals surface area contributed by atoms with E-state index in [9.17, 15) is 4.79 Å². The number of rotatable bonds is 5. The SMILES string of the molecule is COCCn1cc(-c2nn(C)c(=O)c3c(-c4ccncc4)csc23)cn1. The van der Waals surface area contributed by atoms with Crippen LogP contribution in [-0.2, 0) is 18.3 Å². The lowest BCUT2D eigenvalue weighted by atomic mass is 10.1. The van der Waals surface area contributed by atoms with Crippen LogP contribution in [0.25, 0.3) is 32.5 Å². The Hall–Kier alpha value is -2.84. The molecule has 4 aromatic heterocycles. The zero-order valence-corrected chi connectivity index (χ0v) is 15.2. The van der Waals surface area contributed by atoms with Crippen molar-refractivity contribution >= 4 is 21.4 Å². The minimum Gasteiger partial charge on any atom is -0.383 e. The van der Waals surface area contributed by atoms with Gasteiger partial charge in [-0.25, -0.2) is 4.68 Å². The largest absolute Gasteiger partial charge is 0.383 e. The van der Waals surface area contributed by atoms with E-state index in [0.29, 0.717) is 18.5 Å². The van der Waals surface area contributed by atoms with E-state index in [2.05, 4.69) is 15.2 Å². The number of hydrogen-bond donors (Lipinski definition) is 0. The number of ether oxygens (including phenoxy) is 1. The zero-order chi connectivity index (χ0) is 18.1. The van der Waals surface area contributed by atoms with E-state index in [-0.39, 0.29) is 5.56 Å². The second-order valence-electron chi connectivity index (χ2n) is 5.85. The summed E-state index contributed by atoms with van der Waals surface area (Å²) in [4.78, 5) is 16.8. The van der Waals surface area contributed by atoms with Gasteiger partial charge in [0.2, 0.25) is 0 Å². The van der Waals surface area contributed by atoms with Crippen LogP contribution in [0.4, 0.5) is 0 Å². The molecule has 7 nitrogen and oxygen atoms in total. The summed E-state index contributed by atoms with van der Waals surface area (Å²) in [5.74, 6) is 0. The van der Waals surface area contributed by atoms with Gasteiger partial charge in [0.25, 0.3) is 5.56 Å². The van der Waals surface area contributed by atoms with Crippen LogP contribution in [0.15, 0.2) is 47.1 Å². The molecule has 4 aromatic rings. The molecule has 0 aliphatic heterocycles. The Morgan fingerprint density at radius 3 is 2.81 bits per heavy atom. The topological polar surface area (TPSA) is 74.8 Å². The van der Waals surface area contributed by atoms with Crippen molar-refractivity contribution in [1.82, 2.24) is 24.5 Å². The van der Waals surface area contributed by atoms with Crippen LogP contribution in [0.5, 0.6) is 0 Å². The molecule has 0 unspecified atom stereocenters. The lowest BCUT2D eigenvalue weighted by molar-refractivity contribution is 0.183. The molecule has 0 aliphatic rings. The molecule has 8 heteroatoms. The first kappa shape index (κ1) is 16.6. The van der Waals surface area contributed by atoms with Gasteiger partial charge in [0, 0.05) is 49.3 Å². The second kappa shape index (κ2) is 6.81. The maximum atomic E-state index is 12.8. The lowest BCUT2D eigenvalue weighted by Gasteiger charge is -2.05. The molecule has 0 saturated heterocycles. The van der Waals surface area contributed by atoms with Crippen LogP contribution in [0.1, 0.15) is 0 Å². The Labute approximate surface area is 153 Å². The van der Waals surface area contributed by atoms with Gasteiger partial charge in [-0.2, -0.15) is 10.2 Å². The van der Waals surface area contributed by atoms with Gasteiger partial charge in [-0.1, -0.05) is 0 Å². The number of aryl methyl sites for hydroxylation is 1. The molecule has 0 fully saturated rings. The Morgan fingerprint density at radius 1 is 1.23 bits per heavy atom. The molecular formula is C18H17N5O2S. The summed E-state index contributed by atoms with van der Waals surface area (Å²) in [5, 5.41) is 11.5. The zero-order valence-electron chi connectivity index (χ0n) is 14.4. The molecule has 26 heavy (non-hydrogen) atoms. The Balaban J connectivity index is 1.89. The summed E-state index contributed by atoms with van der Waals surface area (Å²) < 4.78 is 9.16. The highest BCUT2D eigenvalue weighted by Gasteiger charge is 2.18. The quantitative estimate of drug-likeness (QED) is 0.542. The van der Waals surface area contributed by atoms with Gasteiger partial charge < -0.3 is 4.74 Å². The second-order valence-corrected chi connectivity index (χ2v) is 6.73. The lowest BCUT2D eigenvalue weighted by Crippen LogP contribution is -2.20. The maximum absolute atomic E-state index is 12.8. The van der Waals surface area contributed by atoms with E-state index >= 15 is 0 Å². The van der Waals surface area contributed by atoms with Crippen LogP contribution in [-0.4, -0.2) is 38.3 Å². The number of pyridine rings is 1. The van der Waals surface area contributed by atoms with Crippen LogP contribution < -0.4 is 5.56 Å². The minimum absolute atomic E-state index is 0.108. The van der Waals surface area contributed by atoms with Crippen LogP contribution in [0, 0.1) is 0 Å². The van der Waals surface area contributed by atoms with Gasteiger partial charge in [-0.15, -0.1) is 11.3 Å². The van der Waals surface area contributed by atoms with E-state index in [1.807, 2.05) is 28.4 Å². The van der Waals surface area contributed by atoms with Gasteiger partial charge >= 0.3 is 0 Å². The van der Waals surface area contributed by atoms with Gasteiger partial charge in [-0.05, 0) is 17.7 Å². The molecular weight excluding hydrogens is 350 g/mol. The number of thiophene rings is 1. The molecule has 0 amide bonds. The van der Waals surface area contributed by atoms with Crippen molar-refractivity contribution in [1.29, 1.82) is 0 Å². The van der Waals surface area contributed by atoms with E-state index in [1.165, 1.54) is 16.0 Å². The molecule has 0 radical (unpaired) electrons. The first-order valence-electron chi connectivity index (χ1n) is 8.09. The van der Waals surface area contributed by atoms with Crippen molar-refractivity contribution in [3.63, 3.8) is 0 Å². The predicted molar refractivity (Wildman–Crippen MR) is 101 cm³/mol. The Morgan fingerprint density at radius 2 is 2.04 bits per heavy atom. The third-order valence-electron chi connectivity index (χ3n) is 4.19. The molecule has 0 bridgehead atoms. The third kappa shape index (κ3) is 2.83. The van der Waals surface area contributed by atoms with Crippen molar-refractivity contribution in [2.24, 2.45) is 7.05 Å². The molecule has 0 N–H and O–H groups in total. The Kier molecular flexibility index (Phi) is 4.36. The average Bonchev–Trinajstić information content (AvgIpc) is 3.31. The van der Waals surface area contributed by atoms with Crippen LogP contribution in [0.2, 0.25) is 0 Å². The number of methoxy groups -OCH3 is 1. The van der Waals surface area contributed by atoms with Crippen LogP contribution in [0.3, 0.4) is 0 Å². The number of nitrogens with zero attached hydrogens (tertiary/aromatic N) is 5. The smallest absolute Gasteiger partial charge is 0.275 e.